The lowest BCUT2D eigenvalue weighted by atomic mass is 9.75. The third kappa shape index (κ3) is 3.78. The molecule has 0 spiro atoms. The molecule has 112 valence electrons. The lowest BCUT2D eigenvalue weighted by molar-refractivity contribution is 0.264. The quantitative estimate of drug-likeness (QED) is 0.852. The van der Waals surface area contributed by atoms with Gasteiger partial charge in [0.1, 0.15) is 0 Å². The molecule has 0 heterocycles. The van der Waals surface area contributed by atoms with Crippen molar-refractivity contribution in [2.45, 2.75) is 57.9 Å². The predicted molar refractivity (Wildman–Crippen MR) is 78.8 cm³/mol. The van der Waals surface area contributed by atoms with E-state index in [4.69, 9.17) is 0 Å². The number of rotatable bonds is 3. The Kier molecular flexibility index (Phi) is 4.79. The van der Waals surface area contributed by atoms with E-state index in [-0.39, 0.29) is 11.5 Å². The number of benzene rings is 1. The molecule has 1 aromatic rings. The molecule has 3 heteroatoms. The SMILES string of the molecule is CC(C)(C)NCC1CCCCC1c1cccc(F)c1F. The standard InChI is InChI=1S/C17H25F2N/c1-17(2,3)20-11-12-7-4-5-8-13(12)14-9-6-10-15(18)16(14)19/h6,9-10,12-13,20H,4-5,7-8,11H2,1-3H3. The summed E-state index contributed by atoms with van der Waals surface area (Å²) in [6.07, 6.45) is 4.33. The van der Waals surface area contributed by atoms with Gasteiger partial charge in [-0.3, -0.25) is 0 Å². The van der Waals surface area contributed by atoms with Gasteiger partial charge < -0.3 is 5.32 Å². The zero-order valence-electron chi connectivity index (χ0n) is 12.7. The van der Waals surface area contributed by atoms with Gasteiger partial charge in [0.25, 0.3) is 0 Å². The molecule has 20 heavy (non-hydrogen) atoms. The van der Waals surface area contributed by atoms with E-state index >= 15 is 0 Å². The second-order valence-electron chi connectivity index (χ2n) is 6.92. The van der Waals surface area contributed by atoms with Crippen LogP contribution in [0.2, 0.25) is 0 Å². The highest BCUT2D eigenvalue weighted by Gasteiger charge is 2.29. The van der Waals surface area contributed by atoms with Gasteiger partial charge in [-0.05, 0) is 63.6 Å². The van der Waals surface area contributed by atoms with E-state index < -0.39 is 11.6 Å². The molecule has 1 fully saturated rings. The summed E-state index contributed by atoms with van der Waals surface area (Å²) in [6.45, 7) is 7.26. The monoisotopic (exact) mass is 281 g/mol. The van der Waals surface area contributed by atoms with Crippen molar-refractivity contribution in [2.75, 3.05) is 6.54 Å². The molecule has 2 unspecified atom stereocenters. The van der Waals surface area contributed by atoms with Gasteiger partial charge in [0, 0.05) is 5.54 Å². The Morgan fingerprint density at radius 1 is 1.15 bits per heavy atom. The molecule has 2 rings (SSSR count). The van der Waals surface area contributed by atoms with Crippen LogP contribution in [0.5, 0.6) is 0 Å². The molecule has 1 nitrogen and oxygen atoms in total. The molecule has 1 saturated carbocycles. The molecule has 0 amide bonds. The molecule has 0 saturated heterocycles. The van der Waals surface area contributed by atoms with E-state index in [1.54, 1.807) is 12.1 Å². The van der Waals surface area contributed by atoms with Crippen molar-refractivity contribution in [3.63, 3.8) is 0 Å². The Balaban J connectivity index is 2.16. The second kappa shape index (κ2) is 6.21. The molecule has 1 aliphatic carbocycles. The average Bonchev–Trinajstić information content (AvgIpc) is 2.39. The maximum absolute atomic E-state index is 14.0. The van der Waals surface area contributed by atoms with Gasteiger partial charge in [-0.2, -0.15) is 0 Å². The van der Waals surface area contributed by atoms with Crippen LogP contribution in [0.25, 0.3) is 0 Å². The normalized spacial score (nSPS) is 23.9. The van der Waals surface area contributed by atoms with Gasteiger partial charge in [0.05, 0.1) is 0 Å². The third-order valence-corrected chi connectivity index (χ3v) is 4.18. The highest BCUT2D eigenvalue weighted by molar-refractivity contribution is 5.24. The van der Waals surface area contributed by atoms with Crippen LogP contribution >= 0.6 is 0 Å². The fourth-order valence-electron chi connectivity index (χ4n) is 3.11. The summed E-state index contributed by atoms with van der Waals surface area (Å²) in [5.74, 6) is -0.857. The lowest BCUT2D eigenvalue weighted by Crippen LogP contribution is -2.41. The Morgan fingerprint density at radius 2 is 1.85 bits per heavy atom. The van der Waals surface area contributed by atoms with Crippen LogP contribution in [0.3, 0.4) is 0 Å². The van der Waals surface area contributed by atoms with E-state index in [1.165, 1.54) is 12.5 Å². The van der Waals surface area contributed by atoms with E-state index in [9.17, 15) is 8.78 Å². The number of halogens is 2. The van der Waals surface area contributed by atoms with Crippen molar-refractivity contribution in [1.82, 2.24) is 5.32 Å². The van der Waals surface area contributed by atoms with Gasteiger partial charge >= 0.3 is 0 Å². The minimum atomic E-state index is -0.726. The van der Waals surface area contributed by atoms with Crippen LogP contribution < -0.4 is 5.32 Å². The summed E-state index contributed by atoms with van der Waals surface area (Å²) in [6, 6.07) is 4.57. The second-order valence-corrected chi connectivity index (χ2v) is 6.92. The van der Waals surface area contributed by atoms with Crippen LogP contribution in [0.4, 0.5) is 8.78 Å². The fraction of sp³-hybridized carbons (Fsp3) is 0.647. The lowest BCUT2D eigenvalue weighted by Gasteiger charge is -2.34. The molecule has 0 bridgehead atoms. The van der Waals surface area contributed by atoms with Gasteiger partial charge in [-0.15, -0.1) is 0 Å². The van der Waals surface area contributed by atoms with Gasteiger partial charge in [0.2, 0.25) is 0 Å². The maximum Gasteiger partial charge on any atom is 0.162 e. The van der Waals surface area contributed by atoms with E-state index in [1.807, 2.05) is 0 Å². The Morgan fingerprint density at radius 3 is 2.55 bits per heavy atom. The molecule has 1 N–H and O–H groups in total. The van der Waals surface area contributed by atoms with Gasteiger partial charge in [-0.1, -0.05) is 25.0 Å². The molecular formula is C17H25F2N. The molecule has 2 atom stereocenters. The zero-order valence-corrected chi connectivity index (χ0v) is 12.7. The van der Waals surface area contributed by atoms with Crippen molar-refractivity contribution >= 4 is 0 Å². The maximum atomic E-state index is 14.0. The summed E-state index contributed by atoms with van der Waals surface area (Å²) in [5.41, 5.74) is 0.619. The summed E-state index contributed by atoms with van der Waals surface area (Å²) in [4.78, 5) is 0. The van der Waals surface area contributed by atoms with Crippen LogP contribution in [0, 0.1) is 17.6 Å². The molecule has 1 aliphatic rings. The fourth-order valence-corrected chi connectivity index (χ4v) is 3.11. The first kappa shape index (κ1) is 15.4. The summed E-state index contributed by atoms with van der Waals surface area (Å²) < 4.78 is 27.5. The average molecular weight is 281 g/mol. The van der Waals surface area contributed by atoms with Crippen LogP contribution in [0.1, 0.15) is 57.9 Å². The summed E-state index contributed by atoms with van der Waals surface area (Å²) in [5, 5.41) is 3.51. The first-order chi connectivity index (χ1) is 9.38. The van der Waals surface area contributed by atoms with Crippen LogP contribution in [-0.4, -0.2) is 12.1 Å². The Hall–Kier alpha value is -0.960. The van der Waals surface area contributed by atoms with Crippen molar-refractivity contribution < 1.29 is 8.78 Å². The molecule has 0 radical (unpaired) electrons. The van der Waals surface area contributed by atoms with Crippen molar-refractivity contribution in [3.05, 3.63) is 35.4 Å². The predicted octanol–water partition coefficient (Wildman–Crippen LogP) is 4.63. The van der Waals surface area contributed by atoms with Crippen molar-refractivity contribution in [2.24, 2.45) is 5.92 Å². The van der Waals surface area contributed by atoms with Crippen molar-refractivity contribution in [1.29, 1.82) is 0 Å². The minimum Gasteiger partial charge on any atom is -0.312 e. The molecule has 1 aromatic carbocycles. The molecule has 0 aromatic heterocycles. The number of hydrogen-bond acceptors (Lipinski definition) is 1. The van der Waals surface area contributed by atoms with E-state index in [2.05, 4.69) is 26.1 Å². The van der Waals surface area contributed by atoms with Crippen LogP contribution in [0.15, 0.2) is 18.2 Å². The summed E-state index contributed by atoms with van der Waals surface area (Å²) in [7, 11) is 0. The summed E-state index contributed by atoms with van der Waals surface area (Å²) >= 11 is 0. The first-order valence-corrected chi connectivity index (χ1v) is 7.57. The third-order valence-electron chi connectivity index (χ3n) is 4.18. The highest BCUT2D eigenvalue weighted by Crippen LogP contribution is 2.39. The molecule has 0 aliphatic heterocycles. The topological polar surface area (TPSA) is 12.0 Å². The van der Waals surface area contributed by atoms with Crippen LogP contribution in [-0.2, 0) is 0 Å². The number of hydrogen-bond donors (Lipinski definition) is 1. The first-order valence-electron chi connectivity index (χ1n) is 7.57. The van der Waals surface area contributed by atoms with E-state index in [0.717, 1.165) is 25.8 Å². The number of nitrogens with one attached hydrogen (secondary N) is 1. The van der Waals surface area contributed by atoms with Gasteiger partial charge in [-0.25, -0.2) is 8.78 Å². The smallest absolute Gasteiger partial charge is 0.162 e. The minimum absolute atomic E-state index is 0.0580. The largest absolute Gasteiger partial charge is 0.312 e. The van der Waals surface area contributed by atoms with Gasteiger partial charge in [0.15, 0.2) is 11.6 Å². The van der Waals surface area contributed by atoms with E-state index in [0.29, 0.717) is 11.5 Å². The van der Waals surface area contributed by atoms with Crippen molar-refractivity contribution in [3.8, 4) is 0 Å². The Labute approximate surface area is 120 Å². The Bertz CT molecular complexity index is 451. The highest BCUT2D eigenvalue weighted by atomic mass is 19.2. The zero-order chi connectivity index (χ0) is 14.8. The molecular weight excluding hydrogens is 256 g/mol.